The first-order valence-corrected chi connectivity index (χ1v) is 24.4. The third kappa shape index (κ3) is 33.4. The Labute approximate surface area is 329 Å². The van der Waals surface area contributed by atoms with Crippen LogP contribution in [0.15, 0.2) is 29.4 Å². The number of unbranched alkanes of at least 4 members (excludes halogenated alkanes) is 30. The Morgan fingerprint density at radius 3 is 1.25 bits per heavy atom. The van der Waals surface area contributed by atoms with E-state index in [4.69, 9.17) is 9.47 Å². The highest BCUT2D eigenvalue weighted by atomic mass is 33.1. The summed E-state index contributed by atoms with van der Waals surface area (Å²) in [6.07, 6.45) is 43.8. The van der Waals surface area contributed by atoms with Crippen molar-refractivity contribution in [3.05, 3.63) is 24.4 Å². The molecule has 1 aromatic rings. The molecule has 1 aromatic heterocycles. The third-order valence-corrected chi connectivity index (χ3v) is 12.6. The molecule has 0 aliphatic carbocycles. The summed E-state index contributed by atoms with van der Waals surface area (Å²) >= 11 is 0. The highest BCUT2D eigenvalue weighted by Gasteiger charge is 2.26. The Bertz CT molecular complexity index is 903. The normalized spacial score (nSPS) is 11.9. The highest BCUT2D eigenvalue weighted by Crippen LogP contribution is 2.35. The molecular weight excluding hydrogens is 683 g/mol. The van der Waals surface area contributed by atoms with Gasteiger partial charge in [-0.05, 0) is 35.8 Å². The Kier molecular flexibility index (Phi) is 37.1. The molecule has 0 amide bonds. The van der Waals surface area contributed by atoms with E-state index in [0.29, 0.717) is 13.2 Å². The van der Waals surface area contributed by atoms with Crippen molar-refractivity contribution >= 4 is 33.5 Å². The molecule has 302 valence electrons. The van der Waals surface area contributed by atoms with Gasteiger partial charge in [0.15, 0.2) is 0 Å². The fraction of sp³-hybridized carbons (Fsp3) is 0.844. The van der Waals surface area contributed by atoms with Crippen LogP contribution in [0.2, 0.25) is 0 Å². The van der Waals surface area contributed by atoms with Crippen LogP contribution in [0.5, 0.6) is 0 Å². The second-order valence-electron chi connectivity index (χ2n) is 15.0. The lowest BCUT2D eigenvalue weighted by atomic mass is 10.0. The molecule has 1 unspecified atom stereocenters. The maximum absolute atomic E-state index is 13.0. The molecule has 0 spiro atoms. The second kappa shape index (κ2) is 39.5. The van der Waals surface area contributed by atoms with Crippen LogP contribution in [0.4, 0.5) is 0 Å². The van der Waals surface area contributed by atoms with Gasteiger partial charge in [0, 0.05) is 6.20 Å². The van der Waals surface area contributed by atoms with Gasteiger partial charge in [-0.15, -0.1) is 0 Å². The van der Waals surface area contributed by atoms with Crippen LogP contribution < -0.4 is 0 Å². The van der Waals surface area contributed by atoms with Gasteiger partial charge in [-0.1, -0.05) is 223 Å². The minimum Gasteiger partial charge on any atom is -0.466 e. The lowest BCUT2D eigenvalue weighted by Gasteiger charge is -2.15. The van der Waals surface area contributed by atoms with Crippen LogP contribution >= 0.6 is 21.6 Å². The Balaban J connectivity index is 2.10. The molecule has 5 nitrogen and oxygen atoms in total. The summed E-state index contributed by atoms with van der Waals surface area (Å²) < 4.78 is 11.2. The maximum Gasteiger partial charge on any atom is 0.320 e. The number of carbonyl (C=O) groups excluding carboxylic acids is 2. The number of esters is 2. The van der Waals surface area contributed by atoms with Crippen LogP contribution in [0, 0.1) is 0 Å². The molecule has 0 saturated heterocycles. The van der Waals surface area contributed by atoms with Gasteiger partial charge in [0.2, 0.25) is 0 Å². The summed E-state index contributed by atoms with van der Waals surface area (Å²) in [4.78, 5) is 30.0. The standard InChI is InChI=1S/C45H81NO4S2/c1-3-5-7-9-11-13-15-17-19-21-23-25-27-29-31-35-39-49-44(47)41-42(51-52-43-37-33-34-38-46-43)45(48)50-40-36-32-30-28-26-24-22-20-18-16-14-12-10-8-6-4-2/h33-34,37-38,42H,3-32,35-36,39-41H2,1-2H3. The lowest BCUT2D eigenvalue weighted by molar-refractivity contribution is -0.149. The van der Waals surface area contributed by atoms with Gasteiger partial charge >= 0.3 is 11.9 Å². The Morgan fingerprint density at radius 2 is 0.885 bits per heavy atom. The van der Waals surface area contributed by atoms with E-state index in [0.717, 1.165) is 30.7 Å². The van der Waals surface area contributed by atoms with E-state index in [2.05, 4.69) is 18.8 Å². The fourth-order valence-electron chi connectivity index (χ4n) is 6.62. The molecule has 0 radical (unpaired) electrons. The van der Waals surface area contributed by atoms with Gasteiger partial charge in [-0.25, -0.2) is 4.98 Å². The monoisotopic (exact) mass is 764 g/mol. The quantitative estimate of drug-likeness (QED) is 0.0374. The summed E-state index contributed by atoms with van der Waals surface area (Å²) in [7, 11) is 2.76. The first-order chi connectivity index (χ1) is 25.7. The van der Waals surface area contributed by atoms with Gasteiger partial charge in [0.1, 0.15) is 10.3 Å². The van der Waals surface area contributed by atoms with Gasteiger partial charge in [0.25, 0.3) is 0 Å². The largest absolute Gasteiger partial charge is 0.466 e. The van der Waals surface area contributed by atoms with Crippen LogP contribution in [-0.4, -0.2) is 35.4 Å². The summed E-state index contributed by atoms with van der Waals surface area (Å²) in [6, 6.07) is 5.70. The average Bonchev–Trinajstić information content (AvgIpc) is 3.16. The summed E-state index contributed by atoms with van der Waals surface area (Å²) in [6.45, 7) is 5.40. The zero-order valence-electron chi connectivity index (χ0n) is 34.0. The van der Waals surface area contributed by atoms with E-state index in [1.54, 1.807) is 6.20 Å². The number of carbonyl (C=O) groups is 2. The number of pyridine rings is 1. The van der Waals surface area contributed by atoms with E-state index < -0.39 is 5.25 Å². The number of hydrogen-bond donors (Lipinski definition) is 0. The zero-order chi connectivity index (χ0) is 37.4. The minimum atomic E-state index is -0.605. The van der Waals surface area contributed by atoms with Crippen molar-refractivity contribution < 1.29 is 19.1 Å². The zero-order valence-corrected chi connectivity index (χ0v) is 35.7. The summed E-state index contributed by atoms with van der Waals surface area (Å²) in [5.74, 6) is -0.645. The van der Waals surface area contributed by atoms with Crippen molar-refractivity contribution in [1.82, 2.24) is 4.98 Å². The van der Waals surface area contributed by atoms with Gasteiger partial charge < -0.3 is 9.47 Å². The molecule has 0 aliphatic heterocycles. The van der Waals surface area contributed by atoms with Gasteiger partial charge in [-0.2, -0.15) is 0 Å². The summed E-state index contributed by atoms with van der Waals surface area (Å²) in [5, 5.41) is 0.205. The molecule has 1 rings (SSSR count). The van der Waals surface area contributed by atoms with Crippen molar-refractivity contribution in [3.8, 4) is 0 Å². The molecule has 1 atom stereocenters. The summed E-state index contributed by atoms with van der Waals surface area (Å²) in [5.41, 5.74) is 0. The number of aromatic nitrogens is 1. The van der Waals surface area contributed by atoms with Gasteiger partial charge in [-0.3, -0.25) is 9.59 Å². The second-order valence-corrected chi connectivity index (χ2v) is 17.5. The molecule has 0 saturated carbocycles. The molecule has 0 fully saturated rings. The van der Waals surface area contributed by atoms with Crippen LogP contribution in [0.25, 0.3) is 0 Å². The Hall–Kier alpha value is -1.21. The first-order valence-electron chi connectivity index (χ1n) is 22.2. The van der Waals surface area contributed by atoms with E-state index in [1.165, 1.54) is 201 Å². The molecule has 0 aliphatic rings. The predicted molar refractivity (Wildman–Crippen MR) is 227 cm³/mol. The Morgan fingerprint density at radius 1 is 0.519 bits per heavy atom. The number of nitrogens with zero attached hydrogens (tertiary/aromatic N) is 1. The van der Waals surface area contributed by atoms with Crippen LogP contribution in [0.1, 0.15) is 226 Å². The molecule has 7 heteroatoms. The molecule has 52 heavy (non-hydrogen) atoms. The number of rotatable bonds is 40. The van der Waals surface area contributed by atoms with Crippen molar-refractivity contribution in [1.29, 1.82) is 0 Å². The van der Waals surface area contributed by atoms with Crippen molar-refractivity contribution in [2.24, 2.45) is 0 Å². The third-order valence-electron chi connectivity index (χ3n) is 10.0. The van der Waals surface area contributed by atoms with E-state index in [-0.39, 0.29) is 18.4 Å². The molecule has 0 aromatic carbocycles. The highest BCUT2D eigenvalue weighted by molar-refractivity contribution is 8.77. The average molecular weight is 764 g/mol. The van der Waals surface area contributed by atoms with Crippen LogP contribution in [0.3, 0.4) is 0 Å². The number of ether oxygens (including phenoxy) is 2. The van der Waals surface area contributed by atoms with Crippen molar-refractivity contribution in [2.45, 2.75) is 236 Å². The van der Waals surface area contributed by atoms with E-state index in [1.807, 2.05) is 18.2 Å². The maximum atomic E-state index is 13.0. The topological polar surface area (TPSA) is 65.5 Å². The van der Waals surface area contributed by atoms with E-state index in [9.17, 15) is 9.59 Å². The SMILES string of the molecule is CCCCCCCCCCCCCCCCCCOC(=O)CC(SSc1ccccn1)C(=O)OCCCCCCCCCCCCCCCCCC. The smallest absolute Gasteiger partial charge is 0.320 e. The van der Waals surface area contributed by atoms with E-state index >= 15 is 0 Å². The molecule has 0 N–H and O–H groups in total. The predicted octanol–water partition coefficient (Wildman–Crippen LogP) is 15.2. The van der Waals surface area contributed by atoms with Crippen molar-refractivity contribution in [2.75, 3.05) is 13.2 Å². The molecule has 0 bridgehead atoms. The fourth-order valence-corrected chi connectivity index (χ4v) is 8.81. The molecule has 1 heterocycles. The van der Waals surface area contributed by atoms with Gasteiger partial charge in [0.05, 0.1) is 19.6 Å². The van der Waals surface area contributed by atoms with Crippen molar-refractivity contribution in [3.63, 3.8) is 0 Å². The number of hydrogen-bond acceptors (Lipinski definition) is 7. The van der Waals surface area contributed by atoms with Crippen LogP contribution in [-0.2, 0) is 19.1 Å². The first kappa shape index (κ1) is 48.8. The lowest BCUT2D eigenvalue weighted by Crippen LogP contribution is -2.24. The minimum absolute atomic E-state index is 0.0289. The molecular formula is C45H81NO4S2.